The first kappa shape index (κ1) is 22.5. The molecule has 1 aromatic heterocycles. The summed E-state index contributed by atoms with van der Waals surface area (Å²) in [4.78, 5) is 22.8. The Balaban J connectivity index is 1.32. The maximum absolute atomic E-state index is 13.6. The van der Waals surface area contributed by atoms with E-state index in [1.54, 1.807) is 0 Å². The van der Waals surface area contributed by atoms with Crippen molar-refractivity contribution in [3.63, 3.8) is 0 Å². The third-order valence-electron chi connectivity index (χ3n) is 6.20. The van der Waals surface area contributed by atoms with Crippen LogP contribution in [0.15, 0.2) is 95.5 Å². The van der Waals surface area contributed by atoms with Crippen molar-refractivity contribution in [1.82, 2.24) is 14.8 Å². The van der Waals surface area contributed by atoms with E-state index in [1.165, 1.54) is 5.56 Å². The van der Waals surface area contributed by atoms with E-state index in [4.69, 9.17) is 4.98 Å². The maximum Gasteiger partial charge on any atom is 0.254 e. The number of pyridine rings is 1. The lowest BCUT2D eigenvalue weighted by atomic mass is 10.0. The molecule has 170 valence electrons. The van der Waals surface area contributed by atoms with Crippen LogP contribution >= 0.6 is 15.9 Å². The number of fused-ring (bicyclic) bond motifs is 1. The van der Waals surface area contributed by atoms with Crippen molar-refractivity contribution in [3.8, 4) is 11.3 Å². The van der Waals surface area contributed by atoms with Gasteiger partial charge in [0, 0.05) is 48.1 Å². The van der Waals surface area contributed by atoms with Crippen molar-refractivity contribution in [2.24, 2.45) is 0 Å². The molecule has 4 aromatic rings. The van der Waals surface area contributed by atoms with Gasteiger partial charge in [-0.3, -0.25) is 9.69 Å². The number of hydrogen-bond donors (Lipinski definition) is 0. The van der Waals surface area contributed by atoms with Gasteiger partial charge in [-0.1, -0.05) is 88.7 Å². The number of benzene rings is 3. The molecule has 1 fully saturated rings. The lowest BCUT2D eigenvalue weighted by Gasteiger charge is -2.34. The summed E-state index contributed by atoms with van der Waals surface area (Å²) in [6.07, 6.45) is 4.36. The predicted molar refractivity (Wildman–Crippen MR) is 143 cm³/mol. The van der Waals surface area contributed by atoms with Crippen LogP contribution < -0.4 is 0 Å². The summed E-state index contributed by atoms with van der Waals surface area (Å²) in [6, 6.07) is 28.2. The summed E-state index contributed by atoms with van der Waals surface area (Å²) in [5, 5.41) is 0.902. The van der Waals surface area contributed by atoms with Gasteiger partial charge in [-0.05, 0) is 29.8 Å². The molecule has 3 aromatic carbocycles. The van der Waals surface area contributed by atoms with Crippen molar-refractivity contribution < 1.29 is 4.79 Å². The summed E-state index contributed by atoms with van der Waals surface area (Å²) >= 11 is 3.54. The fraction of sp³-hybridized carbons (Fsp3) is 0.172. The van der Waals surface area contributed by atoms with Crippen LogP contribution in [-0.2, 0) is 0 Å². The third kappa shape index (κ3) is 5.11. The molecule has 0 radical (unpaired) electrons. The second kappa shape index (κ2) is 10.3. The van der Waals surface area contributed by atoms with E-state index in [0.717, 1.165) is 64.9 Å². The van der Waals surface area contributed by atoms with Gasteiger partial charge in [0.25, 0.3) is 5.91 Å². The lowest BCUT2D eigenvalue weighted by molar-refractivity contribution is 0.0652. The van der Waals surface area contributed by atoms with Crippen LogP contribution in [0.4, 0.5) is 0 Å². The van der Waals surface area contributed by atoms with Crippen molar-refractivity contribution in [2.45, 2.75) is 0 Å². The normalized spacial score (nSPS) is 14.7. The van der Waals surface area contributed by atoms with Crippen LogP contribution in [0.5, 0.6) is 0 Å². The Morgan fingerprint density at radius 3 is 2.44 bits per heavy atom. The first-order valence-corrected chi connectivity index (χ1v) is 12.4. The summed E-state index contributed by atoms with van der Waals surface area (Å²) in [5.74, 6) is 0.0781. The Morgan fingerprint density at radius 2 is 1.65 bits per heavy atom. The molecule has 1 amide bonds. The van der Waals surface area contributed by atoms with Crippen LogP contribution in [0, 0.1) is 0 Å². The van der Waals surface area contributed by atoms with Gasteiger partial charge in [0.2, 0.25) is 0 Å². The highest BCUT2D eigenvalue weighted by molar-refractivity contribution is 9.10. The fourth-order valence-electron chi connectivity index (χ4n) is 4.35. The molecule has 1 aliphatic heterocycles. The molecule has 2 heterocycles. The van der Waals surface area contributed by atoms with E-state index in [2.05, 4.69) is 57.2 Å². The molecular weight excluding hydrogens is 486 g/mol. The number of rotatable bonds is 5. The van der Waals surface area contributed by atoms with Crippen molar-refractivity contribution in [1.29, 1.82) is 0 Å². The van der Waals surface area contributed by atoms with E-state index >= 15 is 0 Å². The summed E-state index contributed by atoms with van der Waals surface area (Å²) < 4.78 is 0.991. The van der Waals surface area contributed by atoms with Crippen LogP contribution in [0.3, 0.4) is 0 Å². The van der Waals surface area contributed by atoms with E-state index < -0.39 is 0 Å². The number of halogens is 1. The molecule has 0 atom stereocenters. The number of para-hydroxylation sites is 1. The van der Waals surface area contributed by atoms with Crippen molar-refractivity contribution >= 4 is 38.8 Å². The van der Waals surface area contributed by atoms with E-state index in [1.807, 2.05) is 65.6 Å². The topological polar surface area (TPSA) is 36.4 Å². The SMILES string of the molecule is O=C(c1cc(-c2cccc(Br)c2)nc2ccccc12)N1CCN(C/C=C\c2ccccc2)CC1. The summed E-state index contributed by atoms with van der Waals surface area (Å²) in [5.41, 5.74) is 4.57. The molecule has 5 heteroatoms. The maximum atomic E-state index is 13.6. The van der Waals surface area contributed by atoms with Crippen molar-refractivity contribution in [2.75, 3.05) is 32.7 Å². The molecule has 4 nitrogen and oxygen atoms in total. The molecule has 34 heavy (non-hydrogen) atoms. The van der Waals surface area contributed by atoms with Crippen molar-refractivity contribution in [3.05, 3.63) is 107 Å². The molecule has 0 bridgehead atoms. The Morgan fingerprint density at radius 1 is 0.882 bits per heavy atom. The Bertz CT molecular complexity index is 1330. The smallest absolute Gasteiger partial charge is 0.254 e. The number of hydrogen-bond acceptors (Lipinski definition) is 3. The van der Waals surface area contributed by atoms with Gasteiger partial charge in [-0.15, -0.1) is 0 Å². The van der Waals surface area contributed by atoms with Gasteiger partial charge in [0.15, 0.2) is 0 Å². The van der Waals surface area contributed by atoms with Gasteiger partial charge < -0.3 is 4.90 Å². The zero-order chi connectivity index (χ0) is 23.3. The molecule has 5 rings (SSSR count). The zero-order valence-corrected chi connectivity index (χ0v) is 20.5. The number of nitrogens with zero attached hydrogens (tertiary/aromatic N) is 3. The van der Waals surface area contributed by atoms with E-state index in [-0.39, 0.29) is 5.91 Å². The Labute approximate surface area is 208 Å². The number of amides is 1. The molecule has 0 N–H and O–H groups in total. The highest BCUT2D eigenvalue weighted by atomic mass is 79.9. The standard InChI is InChI=1S/C29H26BrN3O/c30-24-12-6-11-23(20-24)28-21-26(25-13-4-5-14-27(25)31-28)29(34)33-18-16-32(17-19-33)15-7-10-22-8-2-1-3-9-22/h1-14,20-21H,15-19H2/b10-7-. The minimum Gasteiger partial charge on any atom is -0.336 e. The quantitative estimate of drug-likeness (QED) is 0.323. The molecule has 0 saturated carbocycles. The minimum atomic E-state index is 0.0781. The predicted octanol–water partition coefficient (Wildman–Crippen LogP) is 6.14. The van der Waals surface area contributed by atoms with Gasteiger partial charge in [0.05, 0.1) is 16.8 Å². The Kier molecular flexibility index (Phi) is 6.84. The first-order valence-electron chi connectivity index (χ1n) is 11.6. The second-order valence-corrected chi connectivity index (χ2v) is 9.40. The number of piperazine rings is 1. The highest BCUT2D eigenvalue weighted by Gasteiger charge is 2.24. The van der Waals surface area contributed by atoms with Gasteiger partial charge in [-0.2, -0.15) is 0 Å². The van der Waals surface area contributed by atoms with Crippen LogP contribution in [-0.4, -0.2) is 53.4 Å². The second-order valence-electron chi connectivity index (χ2n) is 8.49. The zero-order valence-electron chi connectivity index (χ0n) is 18.9. The molecule has 1 aliphatic rings. The fourth-order valence-corrected chi connectivity index (χ4v) is 4.75. The molecule has 0 unspecified atom stereocenters. The third-order valence-corrected chi connectivity index (χ3v) is 6.69. The van der Waals surface area contributed by atoms with E-state index in [0.29, 0.717) is 0 Å². The average molecular weight is 512 g/mol. The number of aromatic nitrogens is 1. The number of carbonyl (C=O) groups is 1. The number of carbonyl (C=O) groups excluding carboxylic acids is 1. The monoisotopic (exact) mass is 511 g/mol. The minimum absolute atomic E-state index is 0.0781. The Hall–Kier alpha value is -3.28. The van der Waals surface area contributed by atoms with E-state index in [9.17, 15) is 4.79 Å². The molecule has 0 aliphatic carbocycles. The summed E-state index contributed by atoms with van der Waals surface area (Å²) in [7, 11) is 0. The first-order chi connectivity index (χ1) is 16.7. The average Bonchev–Trinajstić information content (AvgIpc) is 2.89. The van der Waals surface area contributed by atoms with Crippen LogP contribution in [0.2, 0.25) is 0 Å². The summed E-state index contributed by atoms with van der Waals surface area (Å²) in [6.45, 7) is 4.07. The van der Waals surface area contributed by atoms with Gasteiger partial charge in [-0.25, -0.2) is 4.98 Å². The van der Waals surface area contributed by atoms with Gasteiger partial charge >= 0.3 is 0 Å². The molecule has 1 saturated heterocycles. The lowest BCUT2D eigenvalue weighted by Crippen LogP contribution is -2.48. The van der Waals surface area contributed by atoms with Crippen LogP contribution in [0.25, 0.3) is 28.2 Å². The van der Waals surface area contributed by atoms with Gasteiger partial charge in [0.1, 0.15) is 0 Å². The molecule has 0 spiro atoms. The van der Waals surface area contributed by atoms with Crippen LogP contribution in [0.1, 0.15) is 15.9 Å². The molecular formula is C29H26BrN3O. The highest BCUT2D eigenvalue weighted by Crippen LogP contribution is 2.27. The largest absolute Gasteiger partial charge is 0.336 e.